The standard InChI is InChI=1S/C12H13NO3/c14-11(15)12(7-6-10(8-12)13-16)9-4-2-1-3-5-9/h1-5,16H,6-8H2,(H,14,15)/b13-10+/t12-/m0/s1. The zero-order chi connectivity index (χ0) is 11.6. The van der Waals surface area contributed by atoms with E-state index in [1.54, 1.807) is 0 Å². The molecule has 4 nitrogen and oxygen atoms in total. The Kier molecular flexibility index (Phi) is 2.64. The summed E-state index contributed by atoms with van der Waals surface area (Å²) in [7, 11) is 0. The van der Waals surface area contributed by atoms with Gasteiger partial charge in [-0.1, -0.05) is 35.5 Å². The van der Waals surface area contributed by atoms with Crippen LogP contribution in [0.15, 0.2) is 35.5 Å². The SMILES string of the molecule is O=C(O)[C@@]1(c2ccccc2)CC/C(=N\O)C1. The van der Waals surface area contributed by atoms with Crippen molar-refractivity contribution in [1.82, 2.24) is 0 Å². The molecule has 4 heteroatoms. The first kappa shape index (κ1) is 10.7. The summed E-state index contributed by atoms with van der Waals surface area (Å²) < 4.78 is 0. The van der Waals surface area contributed by atoms with Gasteiger partial charge in [-0.3, -0.25) is 4.79 Å². The largest absolute Gasteiger partial charge is 0.481 e. The minimum Gasteiger partial charge on any atom is -0.481 e. The number of oxime groups is 1. The molecule has 0 spiro atoms. The van der Waals surface area contributed by atoms with E-state index in [1.165, 1.54) is 0 Å². The number of nitrogens with zero attached hydrogens (tertiary/aromatic N) is 1. The van der Waals surface area contributed by atoms with Crippen LogP contribution in [0.1, 0.15) is 24.8 Å². The molecule has 2 N–H and O–H groups in total. The van der Waals surface area contributed by atoms with Crippen LogP contribution in [-0.4, -0.2) is 22.0 Å². The first-order chi connectivity index (χ1) is 7.69. The highest BCUT2D eigenvalue weighted by molar-refractivity contribution is 5.96. The second-order valence-corrected chi connectivity index (χ2v) is 4.10. The number of benzene rings is 1. The molecule has 1 aromatic rings. The van der Waals surface area contributed by atoms with Crippen molar-refractivity contribution in [1.29, 1.82) is 0 Å². The molecule has 1 aliphatic carbocycles. The molecule has 1 aliphatic rings. The zero-order valence-electron chi connectivity index (χ0n) is 8.76. The van der Waals surface area contributed by atoms with Gasteiger partial charge in [0.2, 0.25) is 0 Å². The number of rotatable bonds is 2. The van der Waals surface area contributed by atoms with Crippen molar-refractivity contribution in [2.45, 2.75) is 24.7 Å². The Morgan fingerprint density at radius 3 is 2.50 bits per heavy atom. The third-order valence-corrected chi connectivity index (χ3v) is 3.22. The summed E-state index contributed by atoms with van der Waals surface area (Å²) in [6, 6.07) is 9.14. The third-order valence-electron chi connectivity index (χ3n) is 3.22. The van der Waals surface area contributed by atoms with Crippen LogP contribution in [-0.2, 0) is 10.2 Å². The van der Waals surface area contributed by atoms with Gasteiger partial charge in [-0.2, -0.15) is 0 Å². The van der Waals surface area contributed by atoms with Crippen LogP contribution < -0.4 is 0 Å². The lowest BCUT2D eigenvalue weighted by atomic mass is 9.79. The van der Waals surface area contributed by atoms with Gasteiger partial charge in [0, 0.05) is 6.42 Å². The fourth-order valence-corrected chi connectivity index (χ4v) is 2.28. The van der Waals surface area contributed by atoms with Crippen molar-refractivity contribution in [2.75, 3.05) is 0 Å². The number of carboxylic acids is 1. The zero-order valence-corrected chi connectivity index (χ0v) is 8.76. The van der Waals surface area contributed by atoms with E-state index in [4.69, 9.17) is 5.21 Å². The van der Waals surface area contributed by atoms with Gasteiger partial charge in [-0.15, -0.1) is 0 Å². The van der Waals surface area contributed by atoms with Crippen molar-refractivity contribution < 1.29 is 15.1 Å². The van der Waals surface area contributed by atoms with Crippen molar-refractivity contribution in [3.8, 4) is 0 Å². The van der Waals surface area contributed by atoms with E-state index in [0.717, 1.165) is 5.56 Å². The molecule has 1 saturated carbocycles. The maximum atomic E-state index is 11.4. The van der Waals surface area contributed by atoms with E-state index < -0.39 is 11.4 Å². The lowest BCUT2D eigenvalue weighted by molar-refractivity contribution is -0.143. The van der Waals surface area contributed by atoms with Crippen LogP contribution in [0.2, 0.25) is 0 Å². The van der Waals surface area contributed by atoms with Crippen molar-refractivity contribution in [2.24, 2.45) is 5.16 Å². The molecule has 0 aromatic heterocycles. The molecule has 0 bridgehead atoms. The molecule has 0 amide bonds. The summed E-state index contributed by atoms with van der Waals surface area (Å²) >= 11 is 0. The molecule has 0 radical (unpaired) electrons. The molecule has 0 heterocycles. The molecule has 0 saturated heterocycles. The molecular weight excluding hydrogens is 206 g/mol. The molecule has 2 rings (SSSR count). The topological polar surface area (TPSA) is 69.9 Å². The quantitative estimate of drug-likeness (QED) is 0.590. The molecule has 0 aliphatic heterocycles. The molecule has 84 valence electrons. The van der Waals surface area contributed by atoms with E-state index in [1.807, 2.05) is 30.3 Å². The van der Waals surface area contributed by atoms with Crippen molar-refractivity contribution in [3.63, 3.8) is 0 Å². The second kappa shape index (κ2) is 3.96. The average Bonchev–Trinajstić information content (AvgIpc) is 2.75. The molecule has 0 unspecified atom stereocenters. The maximum Gasteiger partial charge on any atom is 0.314 e. The summed E-state index contributed by atoms with van der Waals surface area (Å²) in [5.41, 5.74) is 0.426. The smallest absolute Gasteiger partial charge is 0.314 e. The predicted octanol–water partition coefficient (Wildman–Crippen LogP) is 2.02. The Morgan fingerprint density at radius 1 is 1.31 bits per heavy atom. The lowest BCUT2D eigenvalue weighted by Crippen LogP contribution is -2.33. The van der Waals surface area contributed by atoms with Gasteiger partial charge < -0.3 is 10.3 Å². The van der Waals surface area contributed by atoms with Crippen LogP contribution in [0.25, 0.3) is 0 Å². The summed E-state index contributed by atoms with van der Waals surface area (Å²) in [4.78, 5) is 11.4. The van der Waals surface area contributed by atoms with Gasteiger partial charge in [0.25, 0.3) is 0 Å². The highest BCUT2D eigenvalue weighted by Crippen LogP contribution is 2.39. The number of carbonyl (C=O) groups is 1. The number of carboxylic acid groups (broad SMARTS) is 1. The van der Waals surface area contributed by atoms with Crippen molar-refractivity contribution >= 4 is 11.7 Å². The Balaban J connectivity index is 2.43. The Morgan fingerprint density at radius 2 is 2.00 bits per heavy atom. The number of aliphatic carboxylic acids is 1. The van der Waals surface area contributed by atoms with E-state index in [-0.39, 0.29) is 0 Å². The van der Waals surface area contributed by atoms with Crippen LogP contribution in [0.4, 0.5) is 0 Å². The van der Waals surface area contributed by atoms with Gasteiger partial charge in [-0.25, -0.2) is 0 Å². The normalized spacial score (nSPS) is 27.1. The molecule has 1 aromatic carbocycles. The van der Waals surface area contributed by atoms with Crippen LogP contribution in [0.3, 0.4) is 0 Å². The third kappa shape index (κ3) is 1.56. The Labute approximate surface area is 93.2 Å². The minimum absolute atomic E-state index is 0.294. The summed E-state index contributed by atoms with van der Waals surface area (Å²) in [6.45, 7) is 0. The number of hydrogen-bond donors (Lipinski definition) is 2. The van der Waals surface area contributed by atoms with Gasteiger partial charge in [-0.05, 0) is 18.4 Å². The first-order valence-electron chi connectivity index (χ1n) is 5.18. The molecule has 1 atom stereocenters. The maximum absolute atomic E-state index is 11.4. The fourth-order valence-electron chi connectivity index (χ4n) is 2.28. The van der Waals surface area contributed by atoms with Gasteiger partial charge in [0.05, 0.1) is 11.1 Å². The molecular formula is C12H13NO3. The first-order valence-corrected chi connectivity index (χ1v) is 5.18. The molecule has 1 fully saturated rings. The van der Waals surface area contributed by atoms with Crippen LogP contribution in [0, 0.1) is 0 Å². The Bertz CT molecular complexity index is 427. The number of hydrogen-bond acceptors (Lipinski definition) is 3. The second-order valence-electron chi connectivity index (χ2n) is 4.10. The van der Waals surface area contributed by atoms with Crippen LogP contribution in [0.5, 0.6) is 0 Å². The highest BCUT2D eigenvalue weighted by Gasteiger charge is 2.45. The fraction of sp³-hybridized carbons (Fsp3) is 0.333. The summed E-state index contributed by atoms with van der Waals surface area (Å²) in [6.07, 6.45) is 1.33. The van der Waals surface area contributed by atoms with Crippen LogP contribution >= 0.6 is 0 Å². The highest BCUT2D eigenvalue weighted by atomic mass is 16.4. The average molecular weight is 219 g/mol. The van der Waals surface area contributed by atoms with E-state index in [0.29, 0.717) is 25.0 Å². The monoisotopic (exact) mass is 219 g/mol. The van der Waals surface area contributed by atoms with Crippen molar-refractivity contribution in [3.05, 3.63) is 35.9 Å². The Hall–Kier alpha value is -1.84. The van der Waals surface area contributed by atoms with Gasteiger partial charge in [0.15, 0.2) is 0 Å². The van der Waals surface area contributed by atoms with E-state index in [2.05, 4.69) is 5.16 Å². The molecule has 16 heavy (non-hydrogen) atoms. The van der Waals surface area contributed by atoms with Gasteiger partial charge >= 0.3 is 5.97 Å². The van der Waals surface area contributed by atoms with Gasteiger partial charge in [0.1, 0.15) is 0 Å². The predicted molar refractivity (Wildman–Crippen MR) is 58.8 cm³/mol. The van der Waals surface area contributed by atoms with E-state index >= 15 is 0 Å². The van der Waals surface area contributed by atoms with E-state index in [9.17, 15) is 9.90 Å². The summed E-state index contributed by atoms with van der Waals surface area (Å²) in [5.74, 6) is -0.850. The lowest BCUT2D eigenvalue weighted by Gasteiger charge is -2.23. The minimum atomic E-state index is -0.914. The summed E-state index contributed by atoms with van der Waals surface area (Å²) in [5, 5.41) is 21.3.